The predicted molar refractivity (Wildman–Crippen MR) is 119 cm³/mol. The van der Waals surface area contributed by atoms with Crippen molar-refractivity contribution in [2.24, 2.45) is 0 Å². The molecule has 1 heterocycles. The minimum atomic E-state index is -1.16. The number of esters is 1. The van der Waals surface area contributed by atoms with Crippen molar-refractivity contribution in [1.82, 2.24) is 9.80 Å². The Labute approximate surface area is 187 Å². The van der Waals surface area contributed by atoms with Gasteiger partial charge in [-0.15, -0.1) is 0 Å². The fourth-order valence-corrected chi connectivity index (χ4v) is 3.97. The van der Waals surface area contributed by atoms with Crippen LogP contribution >= 0.6 is 0 Å². The number of carbonyl (C=O) groups is 3. The highest BCUT2D eigenvalue weighted by Crippen LogP contribution is 2.37. The average Bonchev–Trinajstić information content (AvgIpc) is 3.57. The summed E-state index contributed by atoms with van der Waals surface area (Å²) in [4.78, 5) is 40.3. The Hall–Kier alpha value is -3.19. The van der Waals surface area contributed by atoms with Crippen LogP contribution in [0, 0.1) is 0 Å². The van der Waals surface area contributed by atoms with Crippen LogP contribution in [0.3, 0.4) is 0 Å². The number of rotatable bonds is 6. The van der Waals surface area contributed by atoms with Crippen molar-refractivity contribution in [2.45, 2.75) is 31.8 Å². The van der Waals surface area contributed by atoms with Crippen LogP contribution in [0.25, 0.3) is 11.1 Å². The first-order chi connectivity index (χ1) is 15.4. The Morgan fingerprint density at radius 2 is 1.59 bits per heavy atom. The molecule has 1 aliphatic heterocycles. The second-order valence-electron chi connectivity index (χ2n) is 8.38. The number of nitrogens with zero attached hydrogens (tertiary/aromatic N) is 2. The van der Waals surface area contributed by atoms with E-state index in [2.05, 4.69) is 0 Å². The van der Waals surface area contributed by atoms with Crippen molar-refractivity contribution in [1.29, 1.82) is 0 Å². The van der Waals surface area contributed by atoms with Crippen LogP contribution in [0.4, 0.5) is 0 Å². The third-order valence-corrected chi connectivity index (χ3v) is 6.02. The average molecular weight is 437 g/mol. The molecule has 7 heteroatoms. The number of piperazine rings is 1. The first kappa shape index (κ1) is 22.0. The molecule has 2 fully saturated rings. The number of hydrogen-bond acceptors (Lipinski definition) is 5. The summed E-state index contributed by atoms with van der Waals surface area (Å²) in [5.41, 5.74) is 2.24. The molecule has 7 nitrogen and oxygen atoms in total. The lowest BCUT2D eigenvalue weighted by Crippen LogP contribution is -2.53. The molecule has 4 rings (SSSR count). The fraction of sp³-hybridized carbons (Fsp3) is 0.400. The van der Waals surface area contributed by atoms with E-state index in [1.807, 2.05) is 36.4 Å². The molecular formula is C25H28N2O5. The molecule has 1 N–H and O–H groups in total. The van der Waals surface area contributed by atoms with Gasteiger partial charge in [-0.25, -0.2) is 0 Å². The molecule has 0 unspecified atom stereocenters. The van der Waals surface area contributed by atoms with E-state index in [-0.39, 0.29) is 24.2 Å². The number of ether oxygens (including phenoxy) is 1. The van der Waals surface area contributed by atoms with Gasteiger partial charge in [-0.2, -0.15) is 0 Å². The van der Waals surface area contributed by atoms with Gasteiger partial charge < -0.3 is 19.6 Å². The summed E-state index contributed by atoms with van der Waals surface area (Å²) >= 11 is 0. The molecule has 0 radical (unpaired) electrons. The quantitative estimate of drug-likeness (QED) is 0.702. The maximum Gasteiger partial charge on any atom is 0.310 e. The van der Waals surface area contributed by atoms with Crippen LogP contribution in [-0.2, 0) is 20.7 Å². The van der Waals surface area contributed by atoms with E-state index in [1.165, 1.54) is 0 Å². The van der Waals surface area contributed by atoms with E-state index < -0.39 is 5.60 Å². The molecule has 1 saturated heterocycles. The first-order valence-corrected chi connectivity index (χ1v) is 11.1. The Kier molecular flexibility index (Phi) is 6.28. The normalized spacial score (nSPS) is 17.1. The molecule has 0 spiro atoms. The largest absolute Gasteiger partial charge is 0.466 e. The molecular weight excluding hydrogens is 408 g/mol. The van der Waals surface area contributed by atoms with Crippen molar-refractivity contribution in [3.05, 3.63) is 59.7 Å². The monoisotopic (exact) mass is 436 g/mol. The van der Waals surface area contributed by atoms with Crippen molar-refractivity contribution in [3.8, 4) is 11.1 Å². The summed E-state index contributed by atoms with van der Waals surface area (Å²) in [6.45, 7) is 3.95. The molecule has 0 atom stereocenters. The van der Waals surface area contributed by atoms with Gasteiger partial charge in [0, 0.05) is 31.7 Å². The highest BCUT2D eigenvalue weighted by molar-refractivity contribution is 5.95. The van der Waals surface area contributed by atoms with Crippen LogP contribution in [0.2, 0.25) is 0 Å². The number of hydrogen-bond donors (Lipinski definition) is 1. The minimum absolute atomic E-state index is 0.0650. The molecule has 0 bridgehead atoms. The van der Waals surface area contributed by atoms with E-state index >= 15 is 0 Å². The van der Waals surface area contributed by atoms with Gasteiger partial charge in [-0.05, 0) is 48.6 Å². The molecule has 2 aliphatic rings. The second kappa shape index (κ2) is 9.12. The zero-order chi connectivity index (χ0) is 22.7. The maximum atomic E-state index is 12.9. The van der Waals surface area contributed by atoms with E-state index in [1.54, 1.807) is 28.9 Å². The number of amides is 2. The SMILES string of the molecule is CCOC(=O)Cc1cccc(-c2ccc(C(=O)N3CCN(C(=O)C4(O)CC4)CC3)cc2)c1. The highest BCUT2D eigenvalue weighted by Gasteiger charge is 2.50. The molecule has 32 heavy (non-hydrogen) atoms. The van der Waals surface area contributed by atoms with Crippen molar-refractivity contribution >= 4 is 17.8 Å². The van der Waals surface area contributed by atoms with Crippen molar-refractivity contribution in [2.75, 3.05) is 32.8 Å². The molecule has 2 aromatic rings. The molecule has 168 valence electrons. The van der Waals surface area contributed by atoms with Gasteiger partial charge in [0.1, 0.15) is 5.60 Å². The standard InChI is InChI=1S/C25H28N2O5/c1-2-32-22(28)17-18-4-3-5-21(16-18)19-6-8-20(9-7-19)23(29)26-12-14-27(15-13-26)24(30)25(31)10-11-25/h3-9,16,31H,2,10-15,17H2,1H3. The smallest absolute Gasteiger partial charge is 0.310 e. The van der Waals surface area contributed by atoms with Crippen LogP contribution in [-0.4, -0.2) is 71.1 Å². The van der Waals surface area contributed by atoms with Gasteiger partial charge in [0.2, 0.25) is 0 Å². The zero-order valence-corrected chi connectivity index (χ0v) is 18.3. The first-order valence-electron chi connectivity index (χ1n) is 11.1. The lowest BCUT2D eigenvalue weighted by molar-refractivity contribution is -0.144. The van der Waals surface area contributed by atoms with Gasteiger partial charge in [-0.3, -0.25) is 14.4 Å². The van der Waals surface area contributed by atoms with Crippen LogP contribution in [0.5, 0.6) is 0 Å². The summed E-state index contributed by atoms with van der Waals surface area (Å²) < 4.78 is 5.02. The van der Waals surface area contributed by atoms with Gasteiger partial charge in [0.25, 0.3) is 11.8 Å². The second-order valence-corrected chi connectivity index (χ2v) is 8.38. The fourth-order valence-electron chi connectivity index (χ4n) is 3.97. The molecule has 2 aromatic carbocycles. The molecule has 1 aliphatic carbocycles. The van der Waals surface area contributed by atoms with Crippen LogP contribution in [0.15, 0.2) is 48.5 Å². The van der Waals surface area contributed by atoms with Gasteiger partial charge >= 0.3 is 5.97 Å². The van der Waals surface area contributed by atoms with Gasteiger partial charge in [0.05, 0.1) is 13.0 Å². The van der Waals surface area contributed by atoms with E-state index in [4.69, 9.17) is 4.74 Å². The molecule has 2 amide bonds. The predicted octanol–water partition coefficient (Wildman–Crippen LogP) is 2.27. The van der Waals surface area contributed by atoms with E-state index in [0.717, 1.165) is 16.7 Å². The Morgan fingerprint density at radius 3 is 2.22 bits per heavy atom. The summed E-state index contributed by atoms with van der Waals surface area (Å²) in [5, 5.41) is 10.0. The van der Waals surface area contributed by atoms with Gasteiger partial charge in [0.15, 0.2) is 0 Å². The summed E-state index contributed by atoms with van der Waals surface area (Å²) in [5.74, 6) is -0.525. The summed E-state index contributed by atoms with van der Waals surface area (Å²) in [6, 6.07) is 15.1. The third-order valence-electron chi connectivity index (χ3n) is 6.02. The maximum absolute atomic E-state index is 12.9. The molecule has 0 aromatic heterocycles. The highest BCUT2D eigenvalue weighted by atomic mass is 16.5. The Morgan fingerprint density at radius 1 is 0.938 bits per heavy atom. The van der Waals surface area contributed by atoms with Crippen molar-refractivity contribution < 1.29 is 24.2 Å². The number of carbonyl (C=O) groups excluding carboxylic acids is 3. The number of benzene rings is 2. The van der Waals surface area contributed by atoms with Gasteiger partial charge in [-0.1, -0.05) is 36.4 Å². The Bertz CT molecular complexity index is 1010. The minimum Gasteiger partial charge on any atom is -0.466 e. The lowest BCUT2D eigenvalue weighted by atomic mass is 10.0. The van der Waals surface area contributed by atoms with Crippen LogP contribution in [0.1, 0.15) is 35.7 Å². The summed E-state index contributed by atoms with van der Waals surface area (Å²) in [7, 11) is 0. The zero-order valence-electron chi connectivity index (χ0n) is 18.3. The molecule has 1 saturated carbocycles. The van der Waals surface area contributed by atoms with E-state index in [9.17, 15) is 19.5 Å². The topological polar surface area (TPSA) is 87.2 Å². The lowest BCUT2D eigenvalue weighted by Gasteiger charge is -2.35. The number of aliphatic hydroxyl groups is 1. The van der Waals surface area contributed by atoms with Crippen molar-refractivity contribution in [3.63, 3.8) is 0 Å². The summed E-state index contributed by atoms with van der Waals surface area (Å²) in [6.07, 6.45) is 1.29. The Balaban J connectivity index is 1.37. The van der Waals surface area contributed by atoms with Crippen LogP contribution < -0.4 is 0 Å². The third kappa shape index (κ3) is 4.83. The van der Waals surface area contributed by atoms with E-state index in [0.29, 0.717) is 51.2 Å².